The summed E-state index contributed by atoms with van der Waals surface area (Å²) < 4.78 is 0. The third-order valence-corrected chi connectivity index (χ3v) is 7.51. The van der Waals surface area contributed by atoms with Crippen LogP contribution in [0.3, 0.4) is 0 Å². The number of nitrogens with one attached hydrogen (secondary N) is 4. The van der Waals surface area contributed by atoms with Crippen molar-refractivity contribution in [2.75, 3.05) is 13.1 Å². The van der Waals surface area contributed by atoms with Gasteiger partial charge in [-0.1, -0.05) is 43.2 Å². The van der Waals surface area contributed by atoms with E-state index in [0.29, 0.717) is 12.1 Å². The Bertz CT molecular complexity index is 1510. The van der Waals surface area contributed by atoms with Gasteiger partial charge in [-0.15, -0.1) is 0 Å². The van der Waals surface area contributed by atoms with E-state index < -0.39 is 0 Å². The number of phenolic OH excluding ortho intramolecular Hbond substituents is 1. The van der Waals surface area contributed by atoms with Gasteiger partial charge in [0.15, 0.2) is 0 Å². The fourth-order valence-corrected chi connectivity index (χ4v) is 5.49. The molecule has 3 aromatic carbocycles. The third-order valence-electron chi connectivity index (χ3n) is 7.51. The summed E-state index contributed by atoms with van der Waals surface area (Å²) >= 11 is 0. The summed E-state index contributed by atoms with van der Waals surface area (Å²) in [6, 6.07) is 19.3. The molecule has 0 saturated carbocycles. The average molecular weight is 508 g/mol. The lowest BCUT2D eigenvalue weighted by molar-refractivity contribution is 0.0960. The van der Waals surface area contributed by atoms with Gasteiger partial charge >= 0.3 is 0 Å². The molecule has 5 N–H and O–H groups in total. The lowest BCUT2D eigenvalue weighted by atomic mass is 9.95. The largest absolute Gasteiger partial charge is 0.508 e. The first-order valence-electron chi connectivity index (χ1n) is 13.5. The number of nitrogens with zero attached hydrogens (tertiary/aromatic N) is 1. The number of rotatable bonds is 12. The van der Waals surface area contributed by atoms with E-state index in [-0.39, 0.29) is 17.7 Å². The molecule has 1 atom stereocenters. The van der Waals surface area contributed by atoms with Crippen molar-refractivity contribution in [3.8, 4) is 5.75 Å². The van der Waals surface area contributed by atoms with E-state index in [1.807, 2.05) is 18.3 Å². The van der Waals surface area contributed by atoms with Crippen molar-refractivity contribution >= 4 is 28.7 Å². The Morgan fingerprint density at radius 2 is 1.71 bits per heavy atom. The second-order valence-corrected chi connectivity index (χ2v) is 10.2. The molecule has 0 saturated heterocycles. The fraction of sp³-hybridized carbons (Fsp3) is 0.290. The van der Waals surface area contributed by atoms with E-state index in [1.54, 1.807) is 18.2 Å². The van der Waals surface area contributed by atoms with Crippen molar-refractivity contribution in [1.82, 2.24) is 20.9 Å². The van der Waals surface area contributed by atoms with Crippen molar-refractivity contribution in [3.05, 3.63) is 94.2 Å². The van der Waals surface area contributed by atoms with Gasteiger partial charge in [-0.05, 0) is 67.4 Å². The molecule has 1 unspecified atom stereocenters. The second kappa shape index (κ2) is 10.8. The number of hydrogen-bond acceptors (Lipinski definition) is 5. The van der Waals surface area contributed by atoms with Crippen LogP contribution in [0, 0.1) is 0 Å². The Hall–Kier alpha value is -3.94. The molecule has 38 heavy (non-hydrogen) atoms. The van der Waals surface area contributed by atoms with Crippen LogP contribution in [-0.2, 0) is 13.1 Å². The lowest BCUT2D eigenvalue weighted by Crippen LogP contribution is -2.22. The fourth-order valence-electron chi connectivity index (χ4n) is 5.49. The Labute approximate surface area is 222 Å². The summed E-state index contributed by atoms with van der Waals surface area (Å²) in [5.41, 5.74) is 8.26. The molecule has 0 aliphatic carbocycles. The van der Waals surface area contributed by atoms with Gasteiger partial charge < -0.3 is 26.0 Å². The molecule has 6 rings (SSSR count). The van der Waals surface area contributed by atoms with Crippen LogP contribution in [-0.4, -0.2) is 35.3 Å². The van der Waals surface area contributed by atoms with Gasteiger partial charge in [-0.25, -0.2) is 0 Å². The van der Waals surface area contributed by atoms with Crippen LogP contribution in [0.4, 0.5) is 5.69 Å². The van der Waals surface area contributed by atoms with Crippen molar-refractivity contribution < 1.29 is 9.90 Å². The quantitative estimate of drug-likeness (QED) is 0.150. The second-order valence-electron chi connectivity index (χ2n) is 10.2. The minimum Gasteiger partial charge on any atom is -0.508 e. The van der Waals surface area contributed by atoms with Crippen molar-refractivity contribution in [1.29, 1.82) is 0 Å². The number of benzene rings is 3. The predicted octanol–water partition coefficient (Wildman–Crippen LogP) is 5.21. The van der Waals surface area contributed by atoms with E-state index in [0.717, 1.165) is 59.5 Å². The van der Waals surface area contributed by atoms with Crippen LogP contribution in [0.15, 0.2) is 65.7 Å². The normalized spacial score (nSPS) is 15.4. The van der Waals surface area contributed by atoms with E-state index in [1.165, 1.54) is 30.4 Å². The van der Waals surface area contributed by atoms with E-state index in [9.17, 15) is 9.90 Å². The topological polar surface area (TPSA) is 102 Å². The van der Waals surface area contributed by atoms with E-state index >= 15 is 0 Å². The Morgan fingerprint density at radius 1 is 0.895 bits per heavy atom. The van der Waals surface area contributed by atoms with Gasteiger partial charge in [-0.2, -0.15) is 0 Å². The number of para-hydroxylation sites is 1. The number of unbranched alkanes of at least 4 members (excludes halogenated alkanes) is 3. The maximum atomic E-state index is 12.6. The lowest BCUT2D eigenvalue weighted by Gasteiger charge is -2.15. The van der Waals surface area contributed by atoms with Crippen LogP contribution in [0.1, 0.15) is 70.0 Å². The monoisotopic (exact) mass is 507 g/mol. The van der Waals surface area contributed by atoms with Gasteiger partial charge in [-0.3, -0.25) is 9.79 Å². The molecular weight excluding hydrogens is 474 g/mol. The number of aromatic hydroxyl groups is 1. The number of hydrogen-bond donors (Lipinski definition) is 5. The molecule has 7 heteroatoms. The Morgan fingerprint density at radius 3 is 2.50 bits per heavy atom. The molecule has 0 spiro atoms. The van der Waals surface area contributed by atoms with Gasteiger partial charge in [0.2, 0.25) is 0 Å². The van der Waals surface area contributed by atoms with Crippen LogP contribution in [0.2, 0.25) is 0 Å². The highest BCUT2D eigenvalue weighted by molar-refractivity contribution is 6.01. The average Bonchev–Trinajstić information content (AvgIpc) is 3.42. The van der Waals surface area contributed by atoms with E-state index in [4.69, 9.17) is 0 Å². The molecule has 2 aliphatic rings. The van der Waals surface area contributed by atoms with Gasteiger partial charge in [0.05, 0.1) is 11.7 Å². The molecule has 0 radical (unpaired) electrons. The maximum absolute atomic E-state index is 12.6. The van der Waals surface area contributed by atoms with Gasteiger partial charge in [0.1, 0.15) is 5.75 Å². The summed E-state index contributed by atoms with van der Waals surface area (Å²) in [6.07, 6.45) is 6.58. The van der Waals surface area contributed by atoms with Crippen LogP contribution < -0.4 is 16.0 Å². The zero-order chi connectivity index (χ0) is 25.9. The maximum Gasteiger partial charge on any atom is 0.252 e. The zero-order valence-corrected chi connectivity index (χ0v) is 21.4. The minimum absolute atomic E-state index is 0.102. The van der Waals surface area contributed by atoms with Crippen molar-refractivity contribution in [3.63, 3.8) is 0 Å². The smallest absolute Gasteiger partial charge is 0.252 e. The number of aliphatic imine (C=N–C) groups is 1. The Balaban J connectivity index is 0.980. The summed E-state index contributed by atoms with van der Waals surface area (Å²) in [5, 5.41) is 21.4. The number of amides is 1. The first-order valence-corrected chi connectivity index (χ1v) is 13.5. The molecule has 2 aliphatic heterocycles. The van der Waals surface area contributed by atoms with Crippen LogP contribution in [0.5, 0.6) is 5.75 Å². The van der Waals surface area contributed by atoms with Crippen molar-refractivity contribution in [2.45, 2.75) is 44.8 Å². The highest BCUT2D eigenvalue weighted by Gasteiger charge is 2.33. The first kappa shape index (κ1) is 24.4. The van der Waals surface area contributed by atoms with Gasteiger partial charge in [0, 0.05) is 52.6 Å². The minimum atomic E-state index is -0.287. The zero-order valence-electron chi connectivity index (χ0n) is 21.4. The molecule has 0 fully saturated rings. The molecule has 194 valence electrons. The van der Waals surface area contributed by atoms with Crippen molar-refractivity contribution in [2.24, 2.45) is 4.99 Å². The number of aromatic amines is 1. The third kappa shape index (κ3) is 4.95. The molecule has 1 aromatic heterocycles. The predicted molar refractivity (Wildman–Crippen MR) is 151 cm³/mol. The van der Waals surface area contributed by atoms with E-state index in [2.05, 4.69) is 56.3 Å². The number of H-pyrrole nitrogens is 1. The molecule has 3 heterocycles. The van der Waals surface area contributed by atoms with Gasteiger partial charge in [0.25, 0.3) is 5.91 Å². The number of carbonyl (C=O) groups is 1. The van der Waals surface area contributed by atoms with Crippen LogP contribution in [0.25, 0.3) is 10.9 Å². The highest BCUT2D eigenvalue weighted by Crippen LogP contribution is 2.38. The molecule has 1 amide bonds. The first-order chi connectivity index (χ1) is 18.7. The SMILES string of the molecule is O=C1NC(c2c(CNCCCCCCNCc3ccc4c(c3)N=C4)[nH]c3ccccc23)c2cc(O)ccc21. The standard InChI is InChI=1S/C31H33N5O2/c37-22-11-12-23-25(16-22)30(36-31(23)38)29-24-7-3-4-8-26(24)35-28(29)19-33-14-6-2-1-5-13-32-17-20-9-10-21-18-34-27(21)15-20/h3-4,7-12,15-16,18,30,32-33,35,37H,1-2,5-6,13-14,17,19H2,(H,36,38). The number of carbonyl (C=O) groups excluding carboxylic acids is 1. The summed E-state index contributed by atoms with van der Waals surface area (Å²) in [6.45, 7) is 3.54. The molecular formula is C31H33N5O2. The number of aromatic nitrogens is 1. The summed E-state index contributed by atoms with van der Waals surface area (Å²) in [5.74, 6) is 0.0668. The van der Waals surface area contributed by atoms with Crippen LogP contribution >= 0.6 is 0 Å². The number of phenols is 1. The summed E-state index contributed by atoms with van der Waals surface area (Å²) in [4.78, 5) is 20.5. The summed E-state index contributed by atoms with van der Waals surface area (Å²) in [7, 11) is 0. The molecule has 7 nitrogen and oxygen atoms in total. The Kier molecular flexibility index (Phi) is 6.94. The highest BCUT2D eigenvalue weighted by atomic mass is 16.3. The number of fused-ring (bicyclic) bond motifs is 3. The molecule has 4 aromatic rings. The molecule has 0 bridgehead atoms.